The Morgan fingerprint density at radius 1 is 1.38 bits per heavy atom. The third-order valence-corrected chi connectivity index (χ3v) is 3.13. The molecule has 1 aromatic carbocycles. The SMILES string of the molecule is COC(=O)C(NC(=O)c1ccc([N+](=O)[O-])cc1Cl)C(C)C. The molecule has 0 bridgehead atoms. The van der Waals surface area contributed by atoms with Crippen LogP contribution in [0, 0.1) is 16.0 Å². The summed E-state index contributed by atoms with van der Waals surface area (Å²) in [5, 5.41) is 13.1. The second-order valence-electron chi connectivity index (χ2n) is 4.64. The summed E-state index contributed by atoms with van der Waals surface area (Å²) >= 11 is 5.86. The van der Waals surface area contributed by atoms with Gasteiger partial charge in [-0.1, -0.05) is 25.4 Å². The molecule has 0 heterocycles. The van der Waals surface area contributed by atoms with Crippen LogP contribution in [0.2, 0.25) is 5.02 Å². The first-order chi connectivity index (χ1) is 9.77. The van der Waals surface area contributed by atoms with Crippen molar-refractivity contribution < 1.29 is 19.2 Å². The maximum absolute atomic E-state index is 12.1. The van der Waals surface area contributed by atoms with Crippen LogP contribution in [0.4, 0.5) is 5.69 Å². The molecule has 0 fully saturated rings. The van der Waals surface area contributed by atoms with Crippen molar-refractivity contribution in [3.63, 3.8) is 0 Å². The van der Waals surface area contributed by atoms with E-state index in [4.69, 9.17) is 11.6 Å². The number of nitrogens with one attached hydrogen (secondary N) is 1. The second kappa shape index (κ2) is 7.03. The number of nitro groups is 1. The van der Waals surface area contributed by atoms with Crippen molar-refractivity contribution in [3.05, 3.63) is 38.9 Å². The summed E-state index contributed by atoms with van der Waals surface area (Å²) in [5.41, 5.74) is -0.165. The third kappa shape index (κ3) is 4.16. The van der Waals surface area contributed by atoms with Gasteiger partial charge in [0.1, 0.15) is 6.04 Å². The summed E-state index contributed by atoms with van der Waals surface area (Å²) in [7, 11) is 1.22. The minimum atomic E-state index is -0.825. The van der Waals surface area contributed by atoms with Gasteiger partial charge in [-0.2, -0.15) is 0 Å². The van der Waals surface area contributed by atoms with Crippen LogP contribution >= 0.6 is 11.6 Å². The largest absolute Gasteiger partial charge is 0.467 e. The smallest absolute Gasteiger partial charge is 0.328 e. The molecule has 0 aromatic heterocycles. The summed E-state index contributed by atoms with van der Waals surface area (Å²) < 4.78 is 4.62. The Morgan fingerprint density at radius 3 is 2.43 bits per heavy atom. The van der Waals surface area contributed by atoms with Gasteiger partial charge in [0.05, 0.1) is 22.6 Å². The van der Waals surface area contributed by atoms with E-state index in [1.807, 2.05) is 0 Å². The van der Waals surface area contributed by atoms with Crippen LogP contribution in [-0.4, -0.2) is 30.0 Å². The molecule has 0 radical (unpaired) electrons. The fourth-order valence-electron chi connectivity index (χ4n) is 1.65. The van der Waals surface area contributed by atoms with Gasteiger partial charge in [0.25, 0.3) is 11.6 Å². The molecule has 0 saturated carbocycles. The molecular weight excluding hydrogens is 300 g/mol. The maximum Gasteiger partial charge on any atom is 0.328 e. The fraction of sp³-hybridized carbons (Fsp3) is 0.385. The van der Waals surface area contributed by atoms with Crippen LogP contribution in [0.3, 0.4) is 0 Å². The van der Waals surface area contributed by atoms with Gasteiger partial charge in [0, 0.05) is 12.1 Å². The Labute approximate surface area is 126 Å². The molecule has 21 heavy (non-hydrogen) atoms. The van der Waals surface area contributed by atoms with Gasteiger partial charge >= 0.3 is 5.97 Å². The zero-order chi connectivity index (χ0) is 16.2. The van der Waals surface area contributed by atoms with Gasteiger partial charge in [-0.05, 0) is 12.0 Å². The van der Waals surface area contributed by atoms with E-state index in [9.17, 15) is 19.7 Å². The average molecular weight is 315 g/mol. The number of non-ortho nitro benzene ring substituents is 1. The molecule has 0 spiro atoms. The zero-order valence-corrected chi connectivity index (χ0v) is 12.5. The summed E-state index contributed by atoms with van der Waals surface area (Å²) in [6.45, 7) is 3.50. The molecule has 1 atom stereocenters. The number of nitrogens with zero attached hydrogens (tertiary/aromatic N) is 1. The number of nitro benzene ring substituents is 1. The van der Waals surface area contributed by atoms with E-state index in [2.05, 4.69) is 10.1 Å². The molecule has 1 aromatic rings. The van der Waals surface area contributed by atoms with Gasteiger partial charge < -0.3 is 10.1 Å². The molecule has 1 rings (SSSR count). The number of amides is 1. The van der Waals surface area contributed by atoms with Crippen molar-refractivity contribution in [3.8, 4) is 0 Å². The van der Waals surface area contributed by atoms with Crippen LogP contribution in [0.25, 0.3) is 0 Å². The van der Waals surface area contributed by atoms with Gasteiger partial charge in [0.2, 0.25) is 0 Å². The highest BCUT2D eigenvalue weighted by atomic mass is 35.5. The number of esters is 1. The molecular formula is C13H15ClN2O5. The molecule has 0 aliphatic carbocycles. The fourth-order valence-corrected chi connectivity index (χ4v) is 1.91. The second-order valence-corrected chi connectivity index (χ2v) is 5.05. The minimum absolute atomic E-state index is 0.0526. The normalized spacial score (nSPS) is 11.9. The predicted molar refractivity (Wildman–Crippen MR) is 76.2 cm³/mol. The van der Waals surface area contributed by atoms with Crippen molar-refractivity contribution >= 4 is 29.2 Å². The predicted octanol–water partition coefficient (Wildman–Crippen LogP) is 2.18. The van der Waals surface area contributed by atoms with Crippen LogP contribution < -0.4 is 5.32 Å². The maximum atomic E-state index is 12.1. The molecule has 0 aliphatic rings. The minimum Gasteiger partial charge on any atom is -0.467 e. The lowest BCUT2D eigenvalue weighted by Gasteiger charge is -2.20. The van der Waals surface area contributed by atoms with Gasteiger partial charge in [-0.25, -0.2) is 4.79 Å². The molecule has 1 amide bonds. The molecule has 7 nitrogen and oxygen atoms in total. The summed E-state index contributed by atoms with van der Waals surface area (Å²) in [4.78, 5) is 33.7. The van der Waals surface area contributed by atoms with E-state index >= 15 is 0 Å². The highest BCUT2D eigenvalue weighted by Gasteiger charge is 2.26. The number of carbonyl (C=O) groups excluding carboxylic acids is 2. The highest BCUT2D eigenvalue weighted by Crippen LogP contribution is 2.22. The molecule has 0 aliphatic heterocycles. The van der Waals surface area contributed by atoms with E-state index in [-0.39, 0.29) is 22.2 Å². The van der Waals surface area contributed by atoms with E-state index in [0.29, 0.717) is 0 Å². The van der Waals surface area contributed by atoms with Crippen LogP contribution in [0.5, 0.6) is 0 Å². The van der Waals surface area contributed by atoms with Crippen LogP contribution in [-0.2, 0) is 9.53 Å². The monoisotopic (exact) mass is 314 g/mol. The summed E-state index contributed by atoms with van der Waals surface area (Å²) in [5.74, 6) is -1.35. The van der Waals surface area contributed by atoms with E-state index in [0.717, 1.165) is 6.07 Å². The lowest BCUT2D eigenvalue weighted by molar-refractivity contribution is -0.384. The average Bonchev–Trinajstić information content (AvgIpc) is 2.42. The van der Waals surface area contributed by atoms with Crippen molar-refractivity contribution in [1.29, 1.82) is 0 Å². The quantitative estimate of drug-likeness (QED) is 0.510. The van der Waals surface area contributed by atoms with Crippen molar-refractivity contribution in [1.82, 2.24) is 5.32 Å². The van der Waals surface area contributed by atoms with Crippen molar-refractivity contribution in [2.75, 3.05) is 7.11 Å². The number of rotatable bonds is 5. The topological polar surface area (TPSA) is 98.5 Å². The van der Waals surface area contributed by atoms with E-state index < -0.39 is 22.8 Å². The van der Waals surface area contributed by atoms with Crippen molar-refractivity contribution in [2.24, 2.45) is 5.92 Å². The number of hydrogen-bond acceptors (Lipinski definition) is 5. The zero-order valence-electron chi connectivity index (χ0n) is 11.8. The molecule has 0 saturated heterocycles. The van der Waals surface area contributed by atoms with Gasteiger partial charge in [0.15, 0.2) is 0 Å². The van der Waals surface area contributed by atoms with Crippen LogP contribution in [0.15, 0.2) is 18.2 Å². The Balaban J connectivity index is 2.98. The Hall–Kier alpha value is -2.15. The number of ether oxygens (including phenoxy) is 1. The molecule has 114 valence electrons. The van der Waals surface area contributed by atoms with Gasteiger partial charge in [-0.15, -0.1) is 0 Å². The first-order valence-electron chi connectivity index (χ1n) is 6.10. The Kier molecular flexibility index (Phi) is 5.66. The molecule has 1 unspecified atom stereocenters. The highest BCUT2D eigenvalue weighted by molar-refractivity contribution is 6.34. The molecule has 8 heteroatoms. The number of halogens is 1. The summed E-state index contributed by atoms with van der Waals surface area (Å²) in [6, 6.07) is 2.67. The van der Waals surface area contributed by atoms with Crippen molar-refractivity contribution in [2.45, 2.75) is 19.9 Å². The van der Waals surface area contributed by atoms with E-state index in [1.165, 1.54) is 19.2 Å². The van der Waals surface area contributed by atoms with Crippen LogP contribution in [0.1, 0.15) is 24.2 Å². The number of carbonyl (C=O) groups is 2. The first-order valence-corrected chi connectivity index (χ1v) is 6.48. The summed E-state index contributed by atoms with van der Waals surface area (Å²) in [6.07, 6.45) is 0. The Bertz CT molecular complexity index is 574. The van der Waals surface area contributed by atoms with Gasteiger partial charge in [-0.3, -0.25) is 14.9 Å². The number of methoxy groups -OCH3 is 1. The standard InChI is InChI=1S/C13H15ClN2O5/c1-7(2)11(13(18)21-3)15-12(17)9-5-4-8(16(19)20)6-10(9)14/h4-7,11H,1-3H3,(H,15,17). The lowest BCUT2D eigenvalue weighted by atomic mass is 10.0. The lowest BCUT2D eigenvalue weighted by Crippen LogP contribution is -2.45. The number of hydrogen-bond donors (Lipinski definition) is 1. The molecule has 1 N–H and O–H groups in total. The number of benzene rings is 1. The first kappa shape index (κ1) is 16.9. The van der Waals surface area contributed by atoms with E-state index in [1.54, 1.807) is 13.8 Å². The Morgan fingerprint density at radius 2 is 2.00 bits per heavy atom. The third-order valence-electron chi connectivity index (χ3n) is 2.82.